The fourth-order valence-electron chi connectivity index (χ4n) is 2.74. The highest BCUT2D eigenvalue weighted by molar-refractivity contribution is 5.93. The Hall–Kier alpha value is -2.48. The average Bonchev–Trinajstić information content (AvgIpc) is 2.96. The highest BCUT2D eigenvalue weighted by Crippen LogP contribution is 2.38. The topological polar surface area (TPSA) is 110 Å². The van der Waals surface area contributed by atoms with Gasteiger partial charge in [-0.25, -0.2) is 4.63 Å². The number of carbonyl (C=O) groups is 1. The number of methoxy groups -OCH3 is 1. The van der Waals surface area contributed by atoms with E-state index in [1.54, 1.807) is 26.4 Å². The molecule has 2 aromatic heterocycles. The van der Waals surface area contributed by atoms with Gasteiger partial charge in [0, 0.05) is 6.20 Å². The molecule has 1 atom stereocenters. The highest BCUT2D eigenvalue weighted by atomic mass is 16.6. The van der Waals surface area contributed by atoms with Crippen molar-refractivity contribution in [3.05, 3.63) is 35.4 Å². The molecule has 2 aromatic rings. The van der Waals surface area contributed by atoms with Crippen LogP contribution in [-0.4, -0.2) is 39.5 Å². The summed E-state index contributed by atoms with van der Waals surface area (Å²) < 4.78 is 9.77. The van der Waals surface area contributed by atoms with Crippen LogP contribution >= 0.6 is 0 Å². The Balaban J connectivity index is 1.84. The van der Waals surface area contributed by atoms with Crippen LogP contribution in [0.1, 0.15) is 40.6 Å². The van der Waals surface area contributed by atoms with E-state index >= 15 is 0 Å². The highest BCUT2D eigenvalue weighted by Gasteiger charge is 2.36. The normalized spacial score (nSPS) is 21.3. The molecule has 0 aliphatic heterocycles. The van der Waals surface area contributed by atoms with E-state index < -0.39 is 0 Å². The first kappa shape index (κ1) is 15.4. The van der Waals surface area contributed by atoms with Crippen molar-refractivity contribution in [2.24, 2.45) is 5.92 Å². The van der Waals surface area contributed by atoms with E-state index in [4.69, 9.17) is 4.74 Å². The number of aromatic nitrogens is 3. The first-order valence-corrected chi connectivity index (χ1v) is 7.35. The molecule has 0 radical (unpaired) electrons. The molecular formula is C15H18N4O4. The summed E-state index contributed by atoms with van der Waals surface area (Å²) in [4.78, 5) is 16.5. The van der Waals surface area contributed by atoms with Crippen LogP contribution in [0.25, 0.3) is 0 Å². The van der Waals surface area contributed by atoms with Gasteiger partial charge in [-0.3, -0.25) is 9.78 Å². The zero-order valence-electron chi connectivity index (χ0n) is 12.9. The average molecular weight is 318 g/mol. The lowest BCUT2D eigenvalue weighted by atomic mass is 9.75. The summed E-state index contributed by atoms with van der Waals surface area (Å²) in [7, 11) is 1.56. The number of amides is 1. The number of hydrogen-bond donors (Lipinski definition) is 2. The molecule has 0 spiro atoms. The SMILES string of the molecule is COc1cncc([C@H](NC(=O)c2nonc2C)C2CC(O)C2)c1. The van der Waals surface area contributed by atoms with Crippen molar-refractivity contribution >= 4 is 5.91 Å². The Morgan fingerprint density at radius 2 is 2.22 bits per heavy atom. The fourth-order valence-corrected chi connectivity index (χ4v) is 2.74. The number of carbonyl (C=O) groups excluding carboxylic acids is 1. The Morgan fingerprint density at radius 3 is 2.83 bits per heavy atom. The zero-order valence-corrected chi connectivity index (χ0v) is 12.9. The molecule has 1 fully saturated rings. The van der Waals surface area contributed by atoms with Crippen LogP contribution < -0.4 is 10.1 Å². The van der Waals surface area contributed by atoms with E-state index in [0.29, 0.717) is 24.3 Å². The van der Waals surface area contributed by atoms with Gasteiger partial charge in [0.1, 0.15) is 11.4 Å². The van der Waals surface area contributed by atoms with Crippen LogP contribution in [0.2, 0.25) is 0 Å². The van der Waals surface area contributed by atoms with Crippen molar-refractivity contribution in [1.29, 1.82) is 0 Å². The molecular weight excluding hydrogens is 300 g/mol. The lowest BCUT2D eigenvalue weighted by Gasteiger charge is -2.38. The second-order valence-corrected chi connectivity index (χ2v) is 5.69. The molecule has 8 heteroatoms. The van der Waals surface area contributed by atoms with E-state index in [0.717, 1.165) is 5.56 Å². The third kappa shape index (κ3) is 3.16. The van der Waals surface area contributed by atoms with Crippen molar-refractivity contribution in [2.45, 2.75) is 31.9 Å². The summed E-state index contributed by atoms with van der Waals surface area (Å²) in [5, 5.41) is 19.8. The maximum atomic E-state index is 12.4. The van der Waals surface area contributed by atoms with Gasteiger partial charge in [0.25, 0.3) is 5.91 Å². The number of aliphatic hydroxyl groups is 1. The van der Waals surface area contributed by atoms with Gasteiger partial charge in [-0.2, -0.15) is 0 Å². The summed E-state index contributed by atoms with van der Waals surface area (Å²) >= 11 is 0. The minimum Gasteiger partial charge on any atom is -0.495 e. The minimum atomic E-state index is -0.363. The Bertz CT molecular complexity index is 696. The number of ether oxygens (including phenoxy) is 1. The van der Waals surface area contributed by atoms with Crippen molar-refractivity contribution in [3.63, 3.8) is 0 Å². The smallest absolute Gasteiger partial charge is 0.275 e. The molecule has 8 nitrogen and oxygen atoms in total. The number of aliphatic hydroxyl groups excluding tert-OH is 1. The zero-order chi connectivity index (χ0) is 16.4. The molecule has 1 aliphatic carbocycles. The second kappa shape index (κ2) is 6.33. The van der Waals surface area contributed by atoms with Crippen LogP contribution in [0.15, 0.2) is 23.1 Å². The summed E-state index contributed by atoms with van der Waals surface area (Å²) in [5.41, 5.74) is 1.41. The van der Waals surface area contributed by atoms with Crippen molar-refractivity contribution in [3.8, 4) is 5.75 Å². The first-order chi connectivity index (χ1) is 11.1. The van der Waals surface area contributed by atoms with Crippen LogP contribution in [-0.2, 0) is 0 Å². The molecule has 2 N–H and O–H groups in total. The van der Waals surface area contributed by atoms with Crippen LogP contribution in [0.5, 0.6) is 5.75 Å². The standard InChI is InChI=1S/C15H18N4O4/c1-8-13(19-23-18-8)15(21)17-14(9-3-11(20)4-9)10-5-12(22-2)7-16-6-10/h5-7,9,11,14,20H,3-4H2,1-2H3,(H,17,21)/t9?,11?,14-/m1/s1. The maximum absolute atomic E-state index is 12.4. The molecule has 1 aliphatic rings. The predicted octanol–water partition coefficient (Wildman–Crippen LogP) is 1.02. The van der Waals surface area contributed by atoms with Crippen LogP contribution in [0.4, 0.5) is 0 Å². The third-order valence-corrected chi connectivity index (χ3v) is 4.10. The van der Waals surface area contributed by atoms with Gasteiger partial charge in [-0.05, 0) is 42.5 Å². The molecule has 0 aromatic carbocycles. The molecule has 1 amide bonds. The summed E-state index contributed by atoms with van der Waals surface area (Å²) in [6.45, 7) is 1.65. The minimum absolute atomic E-state index is 0.128. The number of nitrogens with one attached hydrogen (secondary N) is 1. The molecule has 0 unspecified atom stereocenters. The van der Waals surface area contributed by atoms with Crippen LogP contribution in [0, 0.1) is 12.8 Å². The predicted molar refractivity (Wildman–Crippen MR) is 78.8 cm³/mol. The van der Waals surface area contributed by atoms with Gasteiger partial charge in [-0.15, -0.1) is 0 Å². The largest absolute Gasteiger partial charge is 0.495 e. The van der Waals surface area contributed by atoms with E-state index in [-0.39, 0.29) is 29.7 Å². The Morgan fingerprint density at radius 1 is 1.43 bits per heavy atom. The molecule has 0 bridgehead atoms. The van der Waals surface area contributed by atoms with Crippen molar-refractivity contribution in [2.75, 3.05) is 7.11 Å². The van der Waals surface area contributed by atoms with Gasteiger partial charge in [-0.1, -0.05) is 5.16 Å². The monoisotopic (exact) mass is 318 g/mol. The number of nitrogens with zero attached hydrogens (tertiary/aromatic N) is 3. The molecule has 3 rings (SSSR count). The van der Waals surface area contributed by atoms with E-state index in [1.165, 1.54) is 0 Å². The third-order valence-electron chi connectivity index (χ3n) is 4.10. The first-order valence-electron chi connectivity index (χ1n) is 7.35. The van der Waals surface area contributed by atoms with Crippen LogP contribution in [0.3, 0.4) is 0 Å². The number of hydrogen-bond acceptors (Lipinski definition) is 7. The lowest BCUT2D eigenvalue weighted by Crippen LogP contribution is -2.41. The fraction of sp³-hybridized carbons (Fsp3) is 0.467. The molecule has 23 heavy (non-hydrogen) atoms. The van der Waals surface area contributed by atoms with Gasteiger partial charge in [0.2, 0.25) is 0 Å². The Kier molecular flexibility index (Phi) is 4.24. The summed E-state index contributed by atoms with van der Waals surface area (Å²) in [6, 6.07) is 1.54. The van der Waals surface area contributed by atoms with E-state index in [9.17, 15) is 9.90 Å². The van der Waals surface area contributed by atoms with Crippen molar-refractivity contribution < 1.29 is 19.3 Å². The lowest BCUT2D eigenvalue weighted by molar-refractivity contribution is 0.0233. The van der Waals surface area contributed by atoms with Gasteiger partial charge < -0.3 is 15.2 Å². The van der Waals surface area contributed by atoms with E-state index in [2.05, 4.69) is 25.2 Å². The summed E-state index contributed by atoms with van der Waals surface area (Å²) in [6.07, 6.45) is 4.21. The molecule has 122 valence electrons. The second-order valence-electron chi connectivity index (χ2n) is 5.69. The van der Waals surface area contributed by atoms with Crippen molar-refractivity contribution in [1.82, 2.24) is 20.6 Å². The molecule has 0 saturated heterocycles. The van der Waals surface area contributed by atoms with Gasteiger partial charge in [0.15, 0.2) is 5.69 Å². The quantitative estimate of drug-likeness (QED) is 0.847. The maximum Gasteiger partial charge on any atom is 0.275 e. The number of pyridine rings is 1. The van der Waals surface area contributed by atoms with Gasteiger partial charge >= 0.3 is 0 Å². The Labute approximate surface area is 132 Å². The molecule has 2 heterocycles. The van der Waals surface area contributed by atoms with E-state index in [1.807, 2.05) is 6.07 Å². The molecule has 1 saturated carbocycles. The summed E-state index contributed by atoms with van der Waals surface area (Å²) in [5.74, 6) is 0.377. The number of aryl methyl sites for hydroxylation is 1. The van der Waals surface area contributed by atoms with Gasteiger partial charge in [0.05, 0.1) is 25.5 Å². The number of rotatable bonds is 5.